The summed E-state index contributed by atoms with van der Waals surface area (Å²) in [6, 6.07) is 15.0. The number of hydrogen-bond donors (Lipinski definition) is 4. The SMILES string of the molecule is O=C(C(Cl)C(=O)[C@H](Cc1ccccc1)NC(=O)[C@@H]1CCCN1)C(Cl)C(=O)[C@H](Cc1ccccc1)NC(=O)[C@@H]1CCCN1. The zero-order valence-electron chi connectivity index (χ0n) is 23.2. The summed E-state index contributed by atoms with van der Waals surface area (Å²) in [4.78, 5) is 66.2. The number of amides is 2. The summed E-state index contributed by atoms with van der Waals surface area (Å²) >= 11 is 12.8. The average molecular weight is 616 g/mol. The van der Waals surface area contributed by atoms with Crippen LogP contribution in [-0.4, -0.2) is 77.2 Å². The van der Waals surface area contributed by atoms with Crippen molar-refractivity contribution in [3.8, 4) is 0 Å². The molecule has 2 aromatic carbocycles. The number of benzene rings is 2. The molecule has 0 radical (unpaired) electrons. The molecule has 4 rings (SSSR count). The van der Waals surface area contributed by atoms with Gasteiger partial charge in [0, 0.05) is 0 Å². The molecule has 9 nitrogen and oxygen atoms in total. The molecule has 0 bridgehead atoms. The van der Waals surface area contributed by atoms with Gasteiger partial charge in [-0.1, -0.05) is 60.7 Å². The van der Waals surface area contributed by atoms with Crippen LogP contribution >= 0.6 is 23.2 Å². The number of halogens is 2. The fourth-order valence-corrected chi connectivity index (χ4v) is 5.89. The molecule has 0 spiro atoms. The lowest BCUT2D eigenvalue weighted by molar-refractivity contribution is -0.134. The van der Waals surface area contributed by atoms with Gasteiger partial charge in [-0.05, 0) is 62.7 Å². The number of Topliss-reactive ketones (excluding diaryl/α,β-unsaturated/α-hetero) is 3. The predicted molar refractivity (Wildman–Crippen MR) is 161 cm³/mol. The molecule has 11 heteroatoms. The van der Waals surface area contributed by atoms with Crippen LogP contribution in [0.25, 0.3) is 0 Å². The molecule has 224 valence electrons. The van der Waals surface area contributed by atoms with Crippen molar-refractivity contribution in [1.29, 1.82) is 0 Å². The summed E-state index contributed by atoms with van der Waals surface area (Å²) in [5, 5.41) is 8.10. The molecule has 2 saturated heterocycles. The highest BCUT2D eigenvalue weighted by atomic mass is 35.5. The van der Waals surface area contributed by atoms with E-state index in [1.807, 2.05) is 12.1 Å². The molecule has 4 N–H and O–H groups in total. The van der Waals surface area contributed by atoms with E-state index < -0.39 is 52.3 Å². The van der Waals surface area contributed by atoms with E-state index in [9.17, 15) is 24.0 Å². The second-order valence-corrected chi connectivity index (χ2v) is 11.6. The summed E-state index contributed by atoms with van der Waals surface area (Å²) in [5.74, 6) is -3.22. The summed E-state index contributed by atoms with van der Waals surface area (Å²) in [5.41, 5.74) is 1.52. The van der Waals surface area contributed by atoms with Crippen LogP contribution in [0.3, 0.4) is 0 Å². The molecule has 0 saturated carbocycles. The van der Waals surface area contributed by atoms with E-state index in [0.717, 1.165) is 24.0 Å². The fourth-order valence-electron chi connectivity index (χ4n) is 5.27. The Bertz CT molecular complexity index is 1150. The van der Waals surface area contributed by atoms with E-state index in [0.29, 0.717) is 25.9 Å². The van der Waals surface area contributed by atoms with E-state index in [2.05, 4.69) is 21.3 Å². The molecule has 2 aliphatic rings. The van der Waals surface area contributed by atoms with Crippen molar-refractivity contribution < 1.29 is 24.0 Å². The molecular weight excluding hydrogens is 579 g/mol. The van der Waals surface area contributed by atoms with Gasteiger partial charge >= 0.3 is 0 Å². The Morgan fingerprint density at radius 2 is 1.02 bits per heavy atom. The first-order valence-electron chi connectivity index (χ1n) is 14.3. The quantitative estimate of drug-likeness (QED) is 0.188. The molecule has 0 aromatic heterocycles. The van der Waals surface area contributed by atoms with Gasteiger partial charge in [0.2, 0.25) is 11.8 Å². The standard InChI is InChI=1S/C31H36Cl2N4O5/c32-25(27(38)23(17-19-9-3-1-4-10-19)36-30(41)21-13-7-15-34-21)29(40)26(33)28(39)24(18-20-11-5-2-6-12-20)37-31(42)22-14-8-16-35-22/h1-6,9-12,21-26,34-35H,7-8,13-18H2,(H,36,41)(H,37,42)/t21-,22-,23-,24-,25?,26?/m0/s1. The van der Waals surface area contributed by atoms with Crippen LogP contribution in [0.1, 0.15) is 36.8 Å². The first-order chi connectivity index (χ1) is 20.2. The summed E-state index contributed by atoms with van der Waals surface area (Å²) < 4.78 is 0. The summed E-state index contributed by atoms with van der Waals surface area (Å²) in [6.07, 6.45) is 3.14. The van der Waals surface area contributed by atoms with Crippen LogP contribution in [0.5, 0.6) is 0 Å². The molecule has 0 aliphatic carbocycles. The third-order valence-electron chi connectivity index (χ3n) is 7.64. The number of carbonyl (C=O) groups is 5. The maximum Gasteiger partial charge on any atom is 0.237 e. The van der Waals surface area contributed by atoms with Gasteiger partial charge < -0.3 is 21.3 Å². The lowest BCUT2D eigenvalue weighted by Gasteiger charge is -2.24. The first-order valence-corrected chi connectivity index (χ1v) is 15.2. The van der Waals surface area contributed by atoms with E-state index in [1.165, 1.54) is 0 Å². The smallest absolute Gasteiger partial charge is 0.237 e. The van der Waals surface area contributed by atoms with Crippen molar-refractivity contribution in [2.24, 2.45) is 0 Å². The minimum Gasteiger partial charge on any atom is -0.345 e. The van der Waals surface area contributed by atoms with Gasteiger partial charge in [0.25, 0.3) is 0 Å². The highest BCUT2D eigenvalue weighted by Gasteiger charge is 2.41. The molecule has 2 unspecified atom stereocenters. The Balaban J connectivity index is 1.48. The van der Waals surface area contributed by atoms with Gasteiger partial charge in [0.05, 0.1) is 24.2 Å². The Morgan fingerprint density at radius 3 is 1.36 bits per heavy atom. The van der Waals surface area contributed by atoms with Crippen LogP contribution < -0.4 is 21.3 Å². The largest absolute Gasteiger partial charge is 0.345 e. The number of rotatable bonds is 14. The Labute approximate surface area is 255 Å². The molecule has 2 fully saturated rings. The molecule has 6 atom stereocenters. The third kappa shape index (κ3) is 8.47. The number of carbonyl (C=O) groups excluding carboxylic acids is 5. The number of ketones is 3. The minimum absolute atomic E-state index is 0.108. The molecule has 2 heterocycles. The molecular formula is C31H36Cl2N4O5. The van der Waals surface area contributed by atoms with Gasteiger partial charge in [-0.25, -0.2) is 0 Å². The Hall–Kier alpha value is -3.11. The van der Waals surface area contributed by atoms with Gasteiger partial charge in [-0.15, -0.1) is 23.2 Å². The van der Waals surface area contributed by atoms with Crippen LogP contribution in [0.15, 0.2) is 60.7 Å². The highest BCUT2D eigenvalue weighted by molar-refractivity contribution is 6.52. The second kappa shape index (κ2) is 15.4. The van der Waals surface area contributed by atoms with Gasteiger partial charge in [0.15, 0.2) is 28.1 Å². The number of nitrogens with one attached hydrogen (secondary N) is 4. The predicted octanol–water partition coefficient (Wildman–Crippen LogP) is 1.87. The van der Waals surface area contributed by atoms with Crippen LogP contribution in [0.2, 0.25) is 0 Å². The third-order valence-corrected chi connectivity index (χ3v) is 8.50. The molecule has 2 aromatic rings. The monoisotopic (exact) mass is 614 g/mol. The van der Waals surface area contributed by atoms with Gasteiger partial charge in [-0.2, -0.15) is 0 Å². The number of alkyl halides is 2. The van der Waals surface area contributed by atoms with Crippen LogP contribution in [0.4, 0.5) is 0 Å². The summed E-state index contributed by atoms with van der Waals surface area (Å²) in [6.45, 7) is 1.39. The van der Waals surface area contributed by atoms with Crippen molar-refractivity contribution in [1.82, 2.24) is 21.3 Å². The van der Waals surface area contributed by atoms with Gasteiger partial charge in [-0.3, -0.25) is 24.0 Å². The topological polar surface area (TPSA) is 133 Å². The maximum atomic E-state index is 13.5. The van der Waals surface area contributed by atoms with Crippen LogP contribution in [-0.2, 0) is 36.8 Å². The van der Waals surface area contributed by atoms with Crippen LogP contribution in [0, 0.1) is 0 Å². The van der Waals surface area contributed by atoms with Crippen molar-refractivity contribution in [2.45, 2.75) is 73.4 Å². The zero-order chi connectivity index (χ0) is 30.1. The molecule has 42 heavy (non-hydrogen) atoms. The number of hydrogen-bond acceptors (Lipinski definition) is 7. The van der Waals surface area contributed by atoms with E-state index in [-0.39, 0.29) is 24.7 Å². The second-order valence-electron chi connectivity index (χ2n) is 10.7. The Kier molecular flexibility index (Phi) is 11.7. The van der Waals surface area contributed by atoms with E-state index >= 15 is 0 Å². The van der Waals surface area contributed by atoms with Crippen molar-refractivity contribution in [3.63, 3.8) is 0 Å². The van der Waals surface area contributed by atoms with Crippen molar-refractivity contribution >= 4 is 52.4 Å². The minimum atomic E-state index is -1.79. The first kappa shape index (κ1) is 31.8. The highest BCUT2D eigenvalue weighted by Crippen LogP contribution is 2.18. The van der Waals surface area contributed by atoms with E-state index in [4.69, 9.17) is 23.2 Å². The molecule has 2 amide bonds. The maximum absolute atomic E-state index is 13.5. The van der Waals surface area contributed by atoms with Crippen molar-refractivity contribution in [3.05, 3.63) is 71.8 Å². The fraction of sp³-hybridized carbons (Fsp3) is 0.452. The van der Waals surface area contributed by atoms with Crippen molar-refractivity contribution in [2.75, 3.05) is 13.1 Å². The summed E-state index contributed by atoms with van der Waals surface area (Å²) in [7, 11) is 0. The average Bonchev–Trinajstić information content (AvgIpc) is 3.75. The normalized spacial score (nSPS) is 21.1. The lowest BCUT2D eigenvalue weighted by Crippen LogP contribution is -2.55. The lowest BCUT2D eigenvalue weighted by atomic mass is 9.94. The molecule has 2 aliphatic heterocycles. The van der Waals surface area contributed by atoms with E-state index in [1.54, 1.807) is 48.5 Å². The Morgan fingerprint density at radius 1 is 0.643 bits per heavy atom. The van der Waals surface area contributed by atoms with Gasteiger partial charge in [0.1, 0.15) is 0 Å². The zero-order valence-corrected chi connectivity index (χ0v) is 24.7.